The molecule has 0 bridgehead atoms. The number of halogens is 1. The summed E-state index contributed by atoms with van der Waals surface area (Å²) in [5.41, 5.74) is 2.17. The van der Waals surface area contributed by atoms with Crippen molar-refractivity contribution >= 4 is 40.3 Å². The van der Waals surface area contributed by atoms with Crippen molar-refractivity contribution in [2.75, 3.05) is 14.2 Å². The minimum Gasteiger partial charge on any atom is -0.497 e. The highest BCUT2D eigenvalue weighted by Crippen LogP contribution is 2.36. The summed E-state index contributed by atoms with van der Waals surface area (Å²) in [5, 5.41) is 0. The number of ether oxygens (including phenoxy) is 3. The maximum atomic E-state index is 13.9. The summed E-state index contributed by atoms with van der Waals surface area (Å²) in [6.45, 7) is 0.463. The molecule has 4 rings (SSSR count). The van der Waals surface area contributed by atoms with Gasteiger partial charge in [0.05, 0.1) is 25.7 Å². The first kappa shape index (κ1) is 23.8. The number of hydrogen-bond acceptors (Lipinski definition) is 6. The zero-order valence-corrected chi connectivity index (χ0v) is 20.3. The quantitative estimate of drug-likeness (QED) is 0.290. The van der Waals surface area contributed by atoms with E-state index in [0.717, 1.165) is 16.9 Å². The highest BCUT2D eigenvalue weighted by atomic mass is 32.2. The Morgan fingerprint density at radius 2 is 1.76 bits per heavy atom. The molecule has 174 valence electrons. The van der Waals surface area contributed by atoms with Crippen molar-refractivity contribution in [1.29, 1.82) is 0 Å². The highest BCUT2D eigenvalue weighted by molar-refractivity contribution is 8.26. The second-order valence-corrected chi connectivity index (χ2v) is 9.08. The predicted molar refractivity (Wildman–Crippen MR) is 135 cm³/mol. The fourth-order valence-electron chi connectivity index (χ4n) is 3.37. The van der Waals surface area contributed by atoms with Gasteiger partial charge in [0.1, 0.15) is 22.5 Å². The number of rotatable bonds is 8. The molecule has 1 amide bonds. The maximum Gasteiger partial charge on any atom is 0.266 e. The van der Waals surface area contributed by atoms with E-state index in [1.54, 1.807) is 48.4 Å². The largest absolute Gasteiger partial charge is 0.497 e. The van der Waals surface area contributed by atoms with Crippen LogP contribution in [0.3, 0.4) is 0 Å². The van der Waals surface area contributed by atoms with Crippen molar-refractivity contribution in [2.24, 2.45) is 0 Å². The number of carbonyl (C=O) groups excluding carboxylic acids is 1. The lowest BCUT2D eigenvalue weighted by molar-refractivity contribution is -0.122. The van der Waals surface area contributed by atoms with Gasteiger partial charge in [-0.2, -0.15) is 0 Å². The van der Waals surface area contributed by atoms with Crippen LogP contribution in [0.25, 0.3) is 6.08 Å². The van der Waals surface area contributed by atoms with Gasteiger partial charge in [0.2, 0.25) is 0 Å². The molecule has 0 atom stereocenters. The van der Waals surface area contributed by atoms with Crippen molar-refractivity contribution in [3.63, 3.8) is 0 Å². The summed E-state index contributed by atoms with van der Waals surface area (Å²) in [5.74, 6) is 1.25. The van der Waals surface area contributed by atoms with Gasteiger partial charge in [-0.1, -0.05) is 60.4 Å². The summed E-state index contributed by atoms with van der Waals surface area (Å²) < 4.78 is 30.8. The zero-order valence-electron chi connectivity index (χ0n) is 18.6. The smallest absolute Gasteiger partial charge is 0.266 e. The van der Waals surface area contributed by atoms with Gasteiger partial charge in [0.25, 0.3) is 5.91 Å². The third-order valence-electron chi connectivity index (χ3n) is 5.20. The molecule has 1 aliphatic heterocycles. The van der Waals surface area contributed by atoms with Crippen LogP contribution in [0.15, 0.2) is 71.6 Å². The minimum absolute atomic E-state index is 0.0758. The van der Waals surface area contributed by atoms with Crippen LogP contribution < -0.4 is 14.2 Å². The Kier molecular flexibility index (Phi) is 7.49. The number of carbonyl (C=O) groups is 1. The Bertz CT molecular complexity index is 1240. The molecule has 1 saturated heterocycles. The van der Waals surface area contributed by atoms with Crippen LogP contribution in [0.4, 0.5) is 4.39 Å². The van der Waals surface area contributed by atoms with Crippen LogP contribution in [-0.2, 0) is 17.9 Å². The van der Waals surface area contributed by atoms with E-state index in [-0.39, 0.29) is 18.3 Å². The number of hydrogen-bond donors (Lipinski definition) is 0. The Balaban J connectivity index is 1.47. The molecule has 0 saturated carbocycles. The lowest BCUT2D eigenvalue weighted by Gasteiger charge is -2.14. The van der Waals surface area contributed by atoms with Crippen LogP contribution in [0.1, 0.15) is 16.7 Å². The monoisotopic (exact) mass is 495 g/mol. The van der Waals surface area contributed by atoms with E-state index in [4.69, 9.17) is 26.4 Å². The molecule has 1 fully saturated rings. The highest BCUT2D eigenvalue weighted by Gasteiger charge is 2.32. The van der Waals surface area contributed by atoms with Crippen LogP contribution in [-0.4, -0.2) is 29.3 Å². The van der Waals surface area contributed by atoms with E-state index in [1.165, 1.54) is 24.9 Å². The van der Waals surface area contributed by atoms with E-state index in [9.17, 15) is 9.18 Å². The van der Waals surface area contributed by atoms with Crippen LogP contribution in [0, 0.1) is 5.82 Å². The van der Waals surface area contributed by atoms with Gasteiger partial charge < -0.3 is 14.2 Å². The fourth-order valence-corrected chi connectivity index (χ4v) is 4.62. The molecule has 8 heteroatoms. The van der Waals surface area contributed by atoms with Gasteiger partial charge in [-0.25, -0.2) is 4.39 Å². The predicted octanol–water partition coefficient (Wildman–Crippen LogP) is 5.82. The van der Waals surface area contributed by atoms with E-state index in [0.29, 0.717) is 32.8 Å². The minimum atomic E-state index is -0.324. The first-order valence-corrected chi connectivity index (χ1v) is 11.6. The molecule has 5 nitrogen and oxygen atoms in total. The van der Waals surface area contributed by atoms with Gasteiger partial charge >= 0.3 is 0 Å². The molecule has 0 aliphatic carbocycles. The van der Waals surface area contributed by atoms with Gasteiger partial charge in [0.15, 0.2) is 11.5 Å². The number of nitrogens with zero attached hydrogens (tertiary/aromatic N) is 1. The van der Waals surface area contributed by atoms with Crippen LogP contribution in [0.5, 0.6) is 17.2 Å². The van der Waals surface area contributed by atoms with Gasteiger partial charge in [0, 0.05) is 5.56 Å². The summed E-state index contributed by atoms with van der Waals surface area (Å²) in [4.78, 5) is 15.1. The standard InChI is InChI=1S/C26H22FNO4S2/c1-30-20-10-7-17(8-11-20)15-28-25(29)24(34-26(28)33)14-18-9-12-22(23(13-18)31-2)32-16-19-5-3-4-6-21(19)27/h3-14H,15-16H2,1-2H3/b24-14-. The van der Waals surface area contributed by atoms with Crippen LogP contribution >= 0.6 is 24.0 Å². The normalized spacial score (nSPS) is 14.6. The Hall–Kier alpha value is -3.36. The Morgan fingerprint density at radius 3 is 2.47 bits per heavy atom. The number of thioether (sulfide) groups is 1. The van der Waals surface area contributed by atoms with E-state index < -0.39 is 0 Å². The lowest BCUT2D eigenvalue weighted by atomic mass is 10.1. The van der Waals surface area contributed by atoms with Crippen molar-refractivity contribution < 1.29 is 23.4 Å². The van der Waals surface area contributed by atoms with E-state index >= 15 is 0 Å². The average molecular weight is 496 g/mol. The molecule has 1 heterocycles. The van der Waals surface area contributed by atoms with Crippen molar-refractivity contribution in [2.45, 2.75) is 13.2 Å². The molecule has 0 radical (unpaired) electrons. The Labute approximate surface area is 207 Å². The molecule has 1 aliphatic rings. The molecule has 0 aromatic heterocycles. The van der Waals surface area contributed by atoms with Crippen molar-refractivity contribution in [3.8, 4) is 17.2 Å². The first-order valence-electron chi connectivity index (χ1n) is 10.4. The average Bonchev–Trinajstić information content (AvgIpc) is 3.11. The molecule has 0 spiro atoms. The number of methoxy groups -OCH3 is 2. The lowest BCUT2D eigenvalue weighted by Crippen LogP contribution is -2.27. The maximum absolute atomic E-state index is 13.9. The van der Waals surface area contributed by atoms with Gasteiger partial charge in [-0.05, 0) is 47.5 Å². The number of benzene rings is 3. The summed E-state index contributed by atoms with van der Waals surface area (Å²) in [7, 11) is 3.14. The second-order valence-electron chi connectivity index (χ2n) is 7.41. The topological polar surface area (TPSA) is 48.0 Å². The molecule has 0 unspecified atom stereocenters. The summed E-state index contributed by atoms with van der Waals surface area (Å²) in [6.07, 6.45) is 1.77. The molecule has 0 N–H and O–H groups in total. The number of thiocarbonyl (C=S) groups is 1. The molecular weight excluding hydrogens is 473 g/mol. The van der Waals surface area contributed by atoms with Crippen LogP contribution in [0.2, 0.25) is 0 Å². The summed E-state index contributed by atoms with van der Waals surface area (Å²) in [6, 6.07) is 19.3. The molecular formula is C26H22FNO4S2. The molecule has 34 heavy (non-hydrogen) atoms. The number of amides is 1. The van der Waals surface area contributed by atoms with Gasteiger partial charge in [-0.15, -0.1) is 0 Å². The van der Waals surface area contributed by atoms with Crippen molar-refractivity contribution in [1.82, 2.24) is 4.90 Å². The first-order chi connectivity index (χ1) is 16.5. The van der Waals surface area contributed by atoms with Gasteiger partial charge in [-0.3, -0.25) is 9.69 Å². The fraction of sp³-hybridized carbons (Fsp3) is 0.154. The molecule has 3 aromatic carbocycles. The second kappa shape index (κ2) is 10.7. The Morgan fingerprint density at radius 1 is 1.00 bits per heavy atom. The third kappa shape index (κ3) is 5.40. The third-order valence-corrected chi connectivity index (χ3v) is 6.58. The van der Waals surface area contributed by atoms with E-state index in [2.05, 4.69) is 0 Å². The van der Waals surface area contributed by atoms with Crippen molar-refractivity contribution in [3.05, 3.63) is 94.1 Å². The molecule has 3 aromatic rings. The SMILES string of the molecule is COc1ccc(CN2C(=O)/C(=C/c3ccc(OCc4ccccc4F)c(OC)c3)SC2=S)cc1. The zero-order chi connectivity index (χ0) is 24.1. The summed E-state index contributed by atoms with van der Waals surface area (Å²) >= 11 is 6.71. The van der Waals surface area contributed by atoms with E-state index in [1.807, 2.05) is 30.3 Å².